The normalized spacial score (nSPS) is 17.1. The van der Waals surface area contributed by atoms with E-state index >= 15 is 0 Å². The average molecular weight is 539 g/mol. The van der Waals surface area contributed by atoms with E-state index in [1.54, 1.807) is 23.2 Å². The maximum Gasteiger partial charge on any atom is 0.416 e. The van der Waals surface area contributed by atoms with Crippen LogP contribution in [0.1, 0.15) is 39.3 Å². The third-order valence-electron chi connectivity index (χ3n) is 7.75. The Balaban J connectivity index is 1.07. The number of hydrogen-bond donors (Lipinski definition) is 0. The van der Waals surface area contributed by atoms with Crippen molar-refractivity contribution in [1.82, 2.24) is 19.4 Å². The average Bonchev–Trinajstić information content (AvgIpc) is 3.57. The van der Waals surface area contributed by atoms with Gasteiger partial charge in [-0.15, -0.1) is 11.3 Å². The molecule has 2 aliphatic rings. The van der Waals surface area contributed by atoms with E-state index in [2.05, 4.69) is 4.98 Å². The molecule has 2 amide bonds. The van der Waals surface area contributed by atoms with Gasteiger partial charge in [-0.25, -0.2) is 4.98 Å². The standard InChI is InChI=1S/C28H25F3N4O2S/c29-28(30,31)22-2-4-23(5-3-22)35-12-9-19-13-20(1-6-25(19)35)26(36)33-10-7-18(8-11-33)21-14-34(15-21)27(37)24-16-38-17-32-24/h1-6,9,12-13,16-18,21H,7-8,10-11,14-15H2. The molecule has 196 valence electrons. The number of hydrogen-bond acceptors (Lipinski definition) is 4. The molecule has 10 heteroatoms. The number of thiazole rings is 1. The second-order valence-electron chi connectivity index (χ2n) is 9.98. The second kappa shape index (κ2) is 9.58. The van der Waals surface area contributed by atoms with Gasteiger partial charge in [0.25, 0.3) is 11.8 Å². The first-order valence-corrected chi connectivity index (χ1v) is 13.5. The molecule has 0 spiro atoms. The van der Waals surface area contributed by atoms with E-state index in [9.17, 15) is 22.8 Å². The lowest BCUT2D eigenvalue weighted by molar-refractivity contribution is -0.137. The smallest absolute Gasteiger partial charge is 0.339 e. The van der Waals surface area contributed by atoms with Gasteiger partial charge in [0.05, 0.1) is 16.6 Å². The number of carbonyl (C=O) groups excluding carboxylic acids is 2. The summed E-state index contributed by atoms with van der Waals surface area (Å²) in [6.45, 7) is 2.87. The van der Waals surface area contributed by atoms with Crippen molar-refractivity contribution in [3.05, 3.63) is 82.4 Å². The van der Waals surface area contributed by atoms with E-state index in [0.717, 1.165) is 49.0 Å². The van der Waals surface area contributed by atoms with Crippen LogP contribution in [-0.4, -0.2) is 57.3 Å². The van der Waals surface area contributed by atoms with Crippen LogP contribution in [-0.2, 0) is 6.18 Å². The Morgan fingerprint density at radius 1 is 0.895 bits per heavy atom. The summed E-state index contributed by atoms with van der Waals surface area (Å²) >= 11 is 1.42. The predicted octanol–water partition coefficient (Wildman–Crippen LogP) is 5.73. The highest BCUT2D eigenvalue weighted by atomic mass is 32.1. The molecule has 2 aromatic carbocycles. The second-order valence-corrected chi connectivity index (χ2v) is 10.7. The number of likely N-dealkylation sites (tertiary alicyclic amines) is 2. The van der Waals surface area contributed by atoms with E-state index in [-0.39, 0.29) is 11.8 Å². The number of nitrogens with zero attached hydrogens (tertiary/aromatic N) is 4. The summed E-state index contributed by atoms with van der Waals surface area (Å²) in [5, 5.41) is 2.63. The molecule has 2 fully saturated rings. The van der Waals surface area contributed by atoms with Gasteiger partial charge in [-0.2, -0.15) is 13.2 Å². The molecule has 0 aliphatic carbocycles. The van der Waals surface area contributed by atoms with Crippen LogP contribution < -0.4 is 0 Å². The minimum atomic E-state index is -4.37. The molecule has 0 N–H and O–H groups in total. The zero-order valence-corrected chi connectivity index (χ0v) is 21.2. The van der Waals surface area contributed by atoms with Crippen molar-refractivity contribution >= 4 is 34.1 Å². The van der Waals surface area contributed by atoms with Crippen LogP contribution in [0.3, 0.4) is 0 Å². The topological polar surface area (TPSA) is 58.4 Å². The van der Waals surface area contributed by atoms with E-state index in [4.69, 9.17) is 0 Å². The van der Waals surface area contributed by atoms with Crippen molar-refractivity contribution in [2.24, 2.45) is 11.8 Å². The van der Waals surface area contributed by atoms with Gasteiger partial charge < -0.3 is 14.4 Å². The van der Waals surface area contributed by atoms with Crippen LogP contribution in [0.2, 0.25) is 0 Å². The zero-order valence-electron chi connectivity index (χ0n) is 20.4. The monoisotopic (exact) mass is 538 g/mol. The molecule has 6 nitrogen and oxygen atoms in total. The SMILES string of the molecule is O=C(c1ccc2c(ccn2-c2ccc(C(F)(F)F)cc2)c1)N1CCC(C2CN(C(=O)c3cscn3)C2)CC1. The number of piperidine rings is 1. The lowest BCUT2D eigenvalue weighted by atomic mass is 9.79. The van der Waals surface area contributed by atoms with Crippen molar-refractivity contribution in [3.8, 4) is 5.69 Å². The quantitative estimate of drug-likeness (QED) is 0.334. The first kappa shape index (κ1) is 24.7. The van der Waals surface area contributed by atoms with Crippen LogP contribution in [0.4, 0.5) is 13.2 Å². The van der Waals surface area contributed by atoms with Crippen molar-refractivity contribution < 1.29 is 22.8 Å². The van der Waals surface area contributed by atoms with Crippen LogP contribution in [0.15, 0.2) is 65.6 Å². The van der Waals surface area contributed by atoms with Gasteiger partial charge in [-0.05, 0) is 73.2 Å². The molecule has 0 bridgehead atoms. The summed E-state index contributed by atoms with van der Waals surface area (Å²) in [5.74, 6) is 0.953. The number of amides is 2. The summed E-state index contributed by atoms with van der Waals surface area (Å²) in [7, 11) is 0. The molecule has 0 unspecified atom stereocenters. The molecule has 0 radical (unpaired) electrons. The van der Waals surface area contributed by atoms with Gasteiger partial charge >= 0.3 is 6.18 Å². The van der Waals surface area contributed by atoms with Crippen LogP contribution in [0, 0.1) is 11.8 Å². The van der Waals surface area contributed by atoms with Crippen LogP contribution >= 0.6 is 11.3 Å². The first-order chi connectivity index (χ1) is 18.3. The highest BCUT2D eigenvalue weighted by Crippen LogP contribution is 2.34. The Kier molecular flexibility index (Phi) is 6.22. The van der Waals surface area contributed by atoms with Gasteiger partial charge in [0.1, 0.15) is 5.69 Å². The molecule has 2 aromatic heterocycles. The van der Waals surface area contributed by atoms with Crippen LogP contribution in [0.25, 0.3) is 16.6 Å². The summed E-state index contributed by atoms with van der Waals surface area (Å²) < 4.78 is 40.5. The van der Waals surface area contributed by atoms with Gasteiger partial charge in [0.2, 0.25) is 0 Å². The van der Waals surface area contributed by atoms with E-state index in [1.165, 1.54) is 23.5 Å². The summed E-state index contributed by atoms with van der Waals surface area (Å²) in [6, 6.07) is 12.4. The van der Waals surface area contributed by atoms with Crippen molar-refractivity contribution in [3.63, 3.8) is 0 Å². The lowest BCUT2D eigenvalue weighted by Crippen LogP contribution is -2.54. The van der Waals surface area contributed by atoms with E-state index in [1.807, 2.05) is 32.6 Å². The Morgan fingerprint density at radius 2 is 1.63 bits per heavy atom. The summed E-state index contributed by atoms with van der Waals surface area (Å²) in [6.07, 6.45) is -0.738. The van der Waals surface area contributed by atoms with Crippen molar-refractivity contribution in [2.75, 3.05) is 26.2 Å². The number of rotatable bonds is 4. The Bertz CT molecular complexity index is 1470. The Labute approximate surface area is 221 Å². The summed E-state index contributed by atoms with van der Waals surface area (Å²) in [5.41, 5.74) is 3.54. The number of aromatic nitrogens is 2. The fourth-order valence-electron chi connectivity index (χ4n) is 5.53. The number of benzene rings is 2. The molecular formula is C28H25F3N4O2S. The molecular weight excluding hydrogens is 513 g/mol. The first-order valence-electron chi connectivity index (χ1n) is 12.5. The van der Waals surface area contributed by atoms with Crippen molar-refractivity contribution in [2.45, 2.75) is 19.0 Å². The molecule has 38 heavy (non-hydrogen) atoms. The van der Waals surface area contributed by atoms with E-state index < -0.39 is 11.7 Å². The minimum Gasteiger partial charge on any atom is -0.339 e. The third kappa shape index (κ3) is 4.57. The highest BCUT2D eigenvalue weighted by molar-refractivity contribution is 7.07. The van der Waals surface area contributed by atoms with Gasteiger partial charge in [0.15, 0.2) is 0 Å². The lowest BCUT2D eigenvalue weighted by Gasteiger charge is -2.45. The number of alkyl halides is 3. The molecule has 4 heterocycles. The van der Waals surface area contributed by atoms with Crippen LogP contribution in [0.5, 0.6) is 0 Å². The third-order valence-corrected chi connectivity index (χ3v) is 8.34. The predicted molar refractivity (Wildman–Crippen MR) is 138 cm³/mol. The number of halogens is 3. The molecule has 4 aromatic rings. The maximum absolute atomic E-state index is 13.2. The molecule has 0 saturated carbocycles. The fraction of sp³-hybridized carbons (Fsp3) is 0.321. The van der Waals surface area contributed by atoms with Crippen molar-refractivity contribution in [1.29, 1.82) is 0 Å². The Morgan fingerprint density at radius 3 is 2.29 bits per heavy atom. The number of carbonyl (C=O) groups is 2. The van der Waals surface area contributed by atoms with Gasteiger partial charge in [0, 0.05) is 54.4 Å². The molecule has 6 rings (SSSR count). The fourth-order valence-corrected chi connectivity index (χ4v) is 6.05. The van der Waals surface area contributed by atoms with E-state index in [0.29, 0.717) is 41.9 Å². The molecule has 0 atom stereocenters. The largest absolute Gasteiger partial charge is 0.416 e. The minimum absolute atomic E-state index is 0.00217. The highest BCUT2D eigenvalue weighted by Gasteiger charge is 2.38. The van der Waals surface area contributed by atoms with Gasteiger partial charge in [-0.1, -0.05) is 0 Å². The molecule has 2 aliphatic heterocycles. The van der Waals surface area contributed by atoms with Gasteiger partial charge in [-0.3, -0.25) is 9.59 Å². The maximum atomic E-state index is 13.2. The summed E-state index contributed by atoms with van der Waals surface area (Å²) in [4.78, 5) is 33.5. The molecule has 2 saturated heterocycles. The number of fused-ring (bicyclic) bond motifs is 1. The Hall–Kier alpha value is -3.66. The zero-order chi connectivity index (χ0) is 26.4.